The van der Waals surface area contributed by atoms with Crippen molar-refractivity contribution in [2.45, 2.75) is 44.8 Å². The summed E-state index contributed by atoms with van der Waals surface area (Å²) in [5.74, 6) is -0.957. The van der Waals surface area contributed by atoms with Crippen molar-refractivity contribution in [2.75, 3.05) is 20.8 Å². The van der Waals surface area contributed by atoms with Gasteiger partial charge >= 0.3 is 18.0 Å². The lowest BCUT2D eigenvalue weighted by atomic mass is 9.98. The summed E-state index contributed by atoms with van der Waals surface area (Å²) >= 11 is 0. The van der Waals surface area contributed by atoms with E-state index in [1.54, 1.807) is 39.0 Å². The molecule has 204 valence electrons. The van der Waals surface area contributed by atoms with Gasteiger partial charge in [0.2, 0.25) is 0 Å². The van der Waals surface area contributed by atoms with Crippen LogP contribution < -0.4 is 10.1 Å². The van der Waals surface area contributed by atoms with Gasteiger partial charge in [-0.2, -0.15) is 0 Å². The summed E-state index contributed by atoms with van der Waals surface area (Å²) in [6, 6.07) is 20.0. The Hall–Kier alpha value is -4.33. The van der Waals surface area contributed by atoms with Crippen molar-refractivity contribution < 1.29 is 33.3 Å². The van der Waals surface area contributed by atoms with Crippen molar-refractivity contribution in [1.82, 2.24) is 5.32 Å². The summed E-state index contributed by atoms with van der Waals surface area (Å²) in [4.78, 5) is 37.9. The standard InChI is InChI=1S/C31H33NO7/c1-31(2,3)39-28(33)24-15-14-19(17-27(24)36-4)16-26(29(34)37-5)32-30(35)38-18-25-22-12-8-6-10-20(22)21-11-7-9-13-23(21)25/h6-15,17,25-26H,16,18H2,1-5H3,(H,32,35)/t26-/m0/s1. The number of esters is 2. The number of rotatable bonds is 8. The first-order valence-electron chi connectivity index (χ1n) is 12.7. The molecular weight excluding hydrogens is 498 g/mol. The number of ether oxygens (including phenoxy) is 4. The minimum Gasteiger partial charge on any atom is -0.496 e. The molecule has 0 bridgehead atoms. The van der Waals surface area contributed by atoms with Crippen molar-refractivity contribution in [3.63, 3.8) is 0 Å². The highest BCUT2D eigenvalue weighted by molar-refractivity contribution is 5.93. The molecule has 39 heavy (non-hydrogen) atoms. The number of methoxy groups -OCH3 is 2. The van der Waals surface area contributed by atoms with Gasteiger partial charge in [-0.1, -0.05) is 54.6 Å². The molecule has 0 radical (unpaired) electrons. The monoisotopic (exact) mass is 531 g/mol. The number of alkyl carbamates (subject to hydrolysis) is 1. The molecule has 0 fully saturated rings. The number of benzene rings is 3. The van der Waals surface area contributed by atoms with Gasteiger partial charge in [0.25, 0.3) is 0 Å². The van der Waals surface area contributed by atoms with Crippen LogP contribution in [0.2, 0.25) is 0 Å². The zero-order chi connectivity index (χ0) is 28.2. The first-order chi connectivity index (χ1) is 18.6. The molecule has 1 atom stereocenters. The minimum atomic E-state index is -1.01. The number of hydrogen-bond acceptors (Lipinski definition) is 7. The van der Waals surface area contributed by atoms with Crippen LogP contribution in [0.1, 0.15) is 53.7 Å². The van der Waals surface area contributed by atoms with E-state index >= 15 is 0 Å². The Kier molecular flexibility index (Phi) is 8.24. The average Bonchev–Trinajstić information content (AvgIpc) is 3.23. The first kappa shape index (κ1) is 27.7. The van der Waals surface area contributed by atoms with Gasteiger partial charge in [-0.3, -0.25) is 0 Å². The molecule has 0 heterocycles. The Morgan fingerprint density at radius 2 is 1.51 bits per heavy atom. The van der Waals surface area contributed by atoms with Crippen LogP contribution in [0, 0.1) is 0 Å². The summed E-state index contributed by atoms with van der Waals surface area (Å²) < 4.78 is 21.4. The molecule has 0 saturated heterocycles. The minimum absolute atomic E-state index is 0.0990. The molecule has 3 aromatic carbocycles. The second-order valence-corrected chi connectivity index (χ2v) is 10.3. The lowest BCUT2D eigenvalue weighted by Gasteiger charge is -2.21. The molecule has 0 aromatic heterocycles. The van der Waals surface area contributed by atoms with Crippen LogP contribution in [0.15, 0.2) is 66.7 Å². The second kappa shape index (κ2) is 11.6. The third-order valence-corrected chi connectivity index (χ3v) is 6.45. The average molecular weight is 532 g/mol. The maximum Gasteiger partial charge on any atom is 0.407 e. The maximum absolute atomic E-state index is 12.8. The normalized spacial score (nSPS) is 13.1. The van der Waals surface area contributed by atoms with E-state index in [2.05, 4.69) is 17.4 Å². The van der Waals surface area contributed by atoms with Gasteiger partial charge in [0, 0.05) is 12.3 Å². The highest BCUT2D eigenvalue weighted by Gasteiger charge is 2.30. The number of amides is 1. The molecule has 8 heteroatoms. The van der Waals surface area contributed by atoms with Crippen molar-refractivity contribution in [3.8, 4) is 16.9 Å². The Bertz CT molecular complexity index is 1330. The molecule has 0 saturated carbocycles. The van der Waals surface area contributed by atoms with E-state index in [0.29, 0.717) is 11.3 Å². The van der Waals surface area contributed by atoms with E-state index in [0.717, 1.165) is 22.3 Å². The fourth-order valence-electron chi connectivity index (χ4n) is 4.72. The van der Waals surface area contributed by atoms with Crippen molar-refractivity contribution in [2.24, 2.45) is 0 Å². The van der Waals surface area contributed by atoms with E-state index < -0.39 is 29.7 Å². The van der Waals surface area contributed by atoms with Crippen LogP contribution in [0.3, 0.4) is 0 Å². The summed E-state index contributed by atoms with van der Waals surface area (Å²) in [6.45, 7) is 5.46. The largest absolute Gasteiger partial charge is 0.496 e. The molecule has 0 spiro atoms. The van der Waals surface area contributed by atoms with Crippen LogP contribution in [0.25, 0.3) is 11.1 Å². The summed E-state index contributed by atoms with van der Waals surface area (Å²) in [7, 11) is 2.70. The van der Waals surface area contributed by atoms with Crippen LogP contribution in [0.4, 0.5) is 4.79 Å². The number of hydrogen-bond donors (Lipinski definition) is 1. The first-order valence-corrected chi connectivity index (χ1v) is 12.7. The summed E-state index contributed by atoms with van der Waals surface area (Å²) in [6.07, 6.45) is -0.633. The topological polar surface area (TPSA) is 100 Å². The highest BCUT2D eigenvalue weighted by Crippen LogP contribution is 2.44. The molecule has 1 N–H and O–H groups in total. The SMILES string of the molecule is COC(=O)[C@H](Cc1ccc(C(=O)OC(C)(C)C)c(OC)c1)NC(=O)OCC1c2ccccc2-c2ccccc21. The van der Waals surface area contributed by atoms with Crippen LogP contribution in [-0.2, 0) is 25.4 Å². The predicted octanol–water partition coefficient (Wildman–Crippen LogP) is 5.27. The van der Waals surface area contributed by atoms with Crippen molar-refractivity contribution >= 4 is 18.0 Å². The van der Waals surface area contributed by atoms with Gasteiger partial charge in [0.1, 0.15) is 29.6 Å². The van der Waals surface area contributed by atoms with E-state index in [-0.39, 0.29) is 24.5 Å². The number of carbonyl (C=O) groups excluding carboxylic acids is 3. The zero-order valence-electron chi connectivity index (χ0n) is 22.8. The van der Waals surface area contributed by atoms with E-state index in [1.807, 2.05) is 36.4 Å². The Morgan fingerprint density at radius 1 is 0.897 bits per heavy atom. The van der Waals surface area contributed by atoms with E-state index in [1.165, 1.54) is 14.2 Å². The van der Waals surface area contributed by atoms with Crippen LogP contribution >= 0.6 is 0 Å². The molecule has 8 nitrogen and oxygen atoms in total. The fourth-order valence-corrected chi connectivity index (χ4v) is 4.72. The molecule has 4 rings (SSSR count). The lowest BCUT2D eigenvalue weighted by molar-refractivity contribution is -0.143. The molecule has 3 aromatic rings. The van der Waals surface area contributed by atoms with E-state index in [4.69, 9.17) is 18.9 Å². The Labute approximate surface area is 228 Å². The van der Waals surface area contributed by atoms with Gasteiger partial charge in [0.05, 0.1) is 14.2 Å². The van der Waals surface area contributed by atoms with Gasteiger partial charge in [-0.05, 0) is 60.7 Å². The van der Waals surface area contributed by atoms with Crippen molar-refractivity contribution in [3.05, 3.63) is 89.0 Å². The second-order valence-electron chi connectivity index (χ2n) is 10.3. The molecular formula is C31H33NO7. The number of fused-ring (bicyclic) bond motifs is 3. The fraction of sp³-hybridized carbons (Fsp3) is 0.323. The smallest absolute Gasteiger partial charge is 0.407 e. The molecule has 1 aliphatic rings. The maximum atomic E-state index is 12.8. The van der Waals surface area contributed by atoms with Crippen LogP contribution in [0.5, 0.6) is 5.75 Å². The summed E-state index contributed by atoms with van der Waals surface area (Å²) in [5, 5.41) is 2.63. The lowest BCUT2D eigenvalue weighted by Crippen LogP contribution is -2.43. The third kappa shape index (κ3) is 6.39. The van der Waals surface area contributed by atoms with Gasteiger partial charge in [-0.15, -0.1) is 0 Å². The number of carbonyl (C=O) groups is 3. The molecule has 0 aliphatic heterocycles. The van der Waals surface area contributed by atoms with Crippen LogP contribution in [-0.4, -0.2) is 50.5 Å². The van der Waals surface area contributed by atoms with Gasteiger partial charge in [0.15, 0.2) is 0 Å². The third-order valence-electron chi connectivity index (χ3n) is 6.45. The molecule has 0 unspecified atom stereocenters. The predicted molar refractivity (Wildman–Crippen MR) is 146 cm³/mol. The quantitative estimate of drug-likeness (QED) is 0.312. The van der Waals surface area contributed by atoms with Crippen molar-refractivity contribution in [1.29, 1.82) is 0 Å². The van der Waals surface area contributed by atoms with Gasteiger partial charge in [-0.25, -0.2) is 14.4 Å². The highest BCUT2D eigenvalue weighted by atomic mass is 16.6. The summed E-state index contributed by atoms with van der Waals surface area (Å²) in [5.41, 5.74) is 4.67. The number of nitrogens with one attached hydrogen (secondary N) is 1. The van der Waals surface area contributed by atoms with Gasteiger partial charge < -0.3 is 24.3 Å². The molecule has 1 amide bonds. The van der Waals surface area contributed by atoms with E-state index in [9.17, 15) is 14.4 Å². The Morgan fingerprint density at radius 3 is 2.08 bits per heavy atom. The molecule has 1 aliphatic carbocycles. The Balaban J connectivity index is 1.45. The zero-order valence-corrected chi connectivity index (χ0v) is 22.8.